The molecular formula is C24H22FN7. The minimum atomic E-state index is -0.283. The van der Waals surface area contributed by atoms with Crippen LogP contribution in [0, 0.1) is 19.7 Å². The number of rotatable bonds is 5. The highest BCUT2D eigenvalue weighted by Gasteiger charge is 2.18. The topological polar surface area (TPSA) is 85.2 Å². The van der Waals surface area contributed by atoms with E-state index in [1.54, 1.807) is 13.8 Å². The molecule has 8 heteroatoms. The fraction of sp³-hybridized carbons (Fsp3) is 0.208. The molecule has 5 aromatic rings. The van der Waals surface area contributed by atoms with E-state index in [4.69, 9.17) is 0 Å². The fourth-order valence-corrected chi connectivity index (χ4v) is 4.05. The first-order chi connectivity index (χ1) is 15.6. The zero-order valence-corrected chi connectivity index (χ0v) is 18.1. The molecule has 3 heterocycles. The zero-order chi connectivity index (χ0) is 22.2. The third-order valence-corrected chi connectivity index (χ3v) is 5.73. The van der Waals surface area contributed by atoms with Crippen LogP contribution in [0.4, 0.5) is 4.39 Å². The van der Waals surface area contributed by atoms with Gasteiger partial charge in [0, 0.05) is 17.5 Å². The molecule has 0 amide bonds. The summed E-state index contributed by atoms with van der Waals surface area (Å²) in [4.78, 5) is 9.18. The Kier molecular flexibility index (Phi) is 4.97. The maximum Gasteiger partial charge on any atom is 0.205 e. The summed E-state index contributed by atoms with van der Waals surface area (Å²) in [7, 11) is 0. The van der Waals surface area contributed by atoms with E-state index in [0.717, 1.165) is 40.1 Å². The van der Waals surface area contributed by atoms with Gasteiger partial charge < -0.3 is 4.57 Å². The number of pyridine rings is 1. The van der Waals surface area contributed by atoms with Gasteiger partial charge in [0.2, 0.25) is 5.82 Å². The van der Waals surface area contributed by atoms with E-state index in [-0.39, 0.29) is 5.82 Å². The van der Waals surface area contributed by atoms with E-state index in [2.05, 4.69) is 59.4 Å². The van der Waals surface area contributed by atoms with Crippen LogP contribution >= 0.6 is 0 Å². The molecule has 5 rings (SSSR count). The first kappa shape index (κ1) is 20.0. The number of H-pyrrole nitrogens is 1. The molecule has 7 nitrogen and oxygen atoms in total. The molecule has 3 aromatic heterocycles. The molecule has 160 valence electrons. The lowest BCUT2D eigenvalue weighted by Crippen LogP contribution is -2.06. The second kappa shape index (κ2) is 7.96. The largest absolute Gasteiger partial charge is 0.308 e. The van der Waals surface area contributed by atoms with E-state index >= 15 is 0 Å². The summed E-state index contributed by atoms with van der Waals surface area (Å²) < 4.78 is 16.4. The van der Waals surface area contributed by atoms with E-state index in [1.165, 1.54) is 0 Å². The molecule has 0 aliphatic carbocycles. The summed E-state index contributed by atoms with van der Waals surface area (Å²) in [6.45, 7) is 6.12. The Morgan fingerprint density at radius 3 is 2.41 bits per heavy atom. The Bertz CT molecular complexity index is 1400. The van der Waals surface area contributed by atoms with Gasteiger partial charge in [-0.25, -0.2) is 14.4 Å². The highest BCUT2D eigenvalue weighted by Crippen LogP contribution is 2.30. The van der Waals surface area contributed by atoms with Gasteiger partial charge in [-0.05, 0) is 35.8 Å². The summed E-state index contributed by atoms with van der Waals surface area (Å²) >= 11 is 0. The Labute approximate surface area is 184 Å². The third kappa shape index (κ3) is 3.33. The molecule has 0 aliphatic rings. The Morgan fingerprint density at radius 1 is 0.969 bits per heavy atom. The summed E-state index contributed by atoms with van der Waals surface area (Å²) in [5.41, 5.74) is 6.43. The van der Waals surface area contributed by atoms with E-state index in [1.807, 2.05) is 31.2 Å². The second-order valence-electron chi connectivity index (χ2n) is 7.75. The van der Waals surface area contributed by atoms with Gasteiger partial charge in [-0.2, -0.15) is 5.21 Å². The van der Waals surface area contributed by atoms with Crippen LogP contribution < -0.4 is 0 Å². The van der Waals surface area contributed by atoms with Gasteiger partial charge in [0.25, 0.3) is 0 Å². The fourth-order valence-electron chi connectivity index (χ4n) is 4.05. The van der Waals surface area contributed by atoms with Crippen molar-refractivity contribution in [2.24, 2.45) is 0 Å². The van der Waals surface area contributed by atoms with Gasteiger partial charge >= 0.3 is 0 Å². The van der Waals surface area contributed by atoms with Gasteiger partial charge in [-0.3, -0.25) is 0 Å². The lowest BCUT2D eigenvalue weighted by Gasteiger charge is -2.11. The van der Waals surface area contributed by atoms with Gasteiger partial charge in [-0.1, -0.05) is 55.5 Å². The van der Waals surface area contributed by atoms with Crippen molar-refractivity contribution in [2.75, 3.05) is 0 Å². The Balaban J connectivity index is 1.51. The van der Waals surface area contributed by atoms with Crippen LogP contribution in [0.1, 0.15) is 29.6 Å². The first-order valence-electron chi connectivity index (χ1n) is 10.5. The number of nitrogens with zero attached hydrogens (tertiary/aromatic N) is 6. The molecular weight excluding hydrogens is 405 g/mol. The number of fused-ring (bicyclic) bond motifs is 1. The lowest BCUT2D eigenvalue weighted by molar-refractivity contribution is 0.603. The van der Waals surface area contributed by atoms with E-state index in [9.17, 15) is 4.39 Å². The van der Waals surface area contributed by atoms with Gasteiger partial charge in [-0.15, -0.1) is 10.2 Å². The maximum absolute atomic E-state index is 14.3. The molecule has 2 aromatic carbocycles. The first-order valence-corrected chi connectivity index (χ1v) is 10.5. The maximum atomic E-state index is 14.3. The van der Waals surface area contributed by atoms with Crippen LogP contribution in [0.3, 0.4) is 0 Å². The standard InChI is InChI=1S/C24H22FN7/c1-4-20-27-22-14(2)21(25)15(3)26-24(22)32(20)13-16-9-11-17(12-10-16)18-7-5-6-8-19(18)23-28-30-31-29-23/h5-12H,4,13H2,1-3H3,(H,28,29,30,31). The van der Waals surface area contributed by atoms with Crippen LogP contribution in [0.25, 0.3) is 33.7 Å². The SMILES string of the molecule is CCc1nc2c(C)c(F)c(C)nc2n1Cc1ccc(-c2ccccc2-c2nn[nH]n2)cc1. The minimum absolute atomic E-state index is 0.283. The number of imidazole rings is 1. The monoisotopic (exact) mass is 427 g/mol. The zero-order valence-electron chi connectivity index (χ0n) is 18.1. The lowest BCUT2D eigenvalue weighted by atomic mass is 9.98. The normalized spacial score (nSPS) is 11.4. The van der Waals surface area contributed by atoms with Crippen molar-refractivity contribution in [2.45, 2.75) is 33.7 Å². The summed E-state index contributed by atoms with van der Waals surface area (Å²) in [6.07, 6.45) is 0.743. The Hall–Kier alpha value is -3.94. The van der Waals surface area contributed by atoms with Crippen molar-refractivity contribution in [3.63, 3.8) is 0 Å². The molecule has 1 N–H and O–H groups in total. The van der Waals surface area contributed by atoms with Crippen molar-refractivity contribution >= 4 is 11.2 Å². The second-order valence-corrected chi connectivity index (χ2v) is 7.75. The van der Waals surface area contributed by atoms with Crippen LogP contribution in [0.15, 0.2) is 48.5 Å². The number of tetrazole rings is 1. The predicted octanol–water partition coefficient (Wildman–Crippen LogP) is 4.65. The molecule has 0 atom stereocenters. The average Bonchev–Trinajstić information content (AvgIpc) is 3.47. The summed E-state index contributed by atoms with van der Waals surface area (Å²) in [6, 6.07) is 16.3. The molecule has 0 bridgehead atoms. The number of halogens is 1. The van der Waals surface area contributed by atoms with Crippen molar-refractivity contribution < 1.29 is 4.39 Å². The molecule has 0 radical (unpaired) electrons. The number of aromatic nitrogens is 7. The molecule has 32 heavy (non-hydrogen) atoms. The highest BCUT2D eigenvalue weighted by atomic mass is 19.1. The molecule has 0 saturated heterocycles. The van der Waals surface area contributed by atoms with Crippen molar-refractivity contribution in [1.82, 2.24) is 35.2 Å². The van der Waals surface area contributed by atoms with Crippen molar-refractivity contribution in [3.8, 4) is 22.5 Å². The van der Waals surface area contributed by atoms with Gasteiger partial charge in [0.15, 0.2) is 5.65 Å². The van der Waals surface area contributed by atoms with Gasteiger partial charge in [0.05, 0.1) is 12.2 Å². The van der Waals surface area contributed by atoms with Crippen LogP contribution in [-0.2, 0) is 13.0 Å². The molecule has 0 saturated carbocycles. The number of nitrogens with one attached hydrogen (secondary N) is 1. The van der Waals surface area contributed by atoms with Crippen LogP contribution in [0.2, 0.25) is 0 Å². The number of hydrogen-bond donors (Lipinski definition) is 1. The van der Waals surface area contributed by atoms with E-state index in [0.29, 0.717) is 29.1 Å². The average molecular weight is 427 g/mol. The molecule has 0 spiro atoms. The predicted molar refractivity (Wildman–Crippen MR) is 120 cm³/mol. The van der Waals surface area contributed by atoms with Crippen LogP contribution in [-0.4, -0.2) is 35.2 Å². The summed E-state index contributed by atoms with van der Waals surface area (Å²) in [5, 5.41) is 14.4. The minimum Gasteiger partial charge on any atom is -0.308 e. The number of benzene rings is 2. The Morgan fingerprint density at radius 2 is 1.72 bits per heavy atom. The van der Waals surface area contributed by atoms with Crippen molar-refractivity contribution in [3.05, 3.63) is 77.0 Å². The third-order valence-electron chi connectivity index (χ3n) is 5.73. The van der Waals surface area contributed by atoms with Crippen LogP contribution in [0.5, 0.6) is 0 Å². The molecule has 0 unspecified atom stereocenters. The quantitative estimate of drug-likeness (QED) is 0.441. The number of aromatic amines is 1. The smallest absolute Gasteiger partial charge is 0.205 e. The summed E-state index contributed by atoms with van der Waals surface area (Å²) in [5.74, 6) is 1.17. The van der Waals surface area contributed by atoms with E-state index < -0.39 is 0 Å². The highest BCUT2D eigenvalue weighted by molar-refractivity contribution is 5.80. The number of hydrogen-bond acceptors (Lipinski definition) is 5. The van der Waals surface area contributed by atoms with Crippen molar-refractivity contribution in [1.29, 1.82) is 0 Å². The molecule has 0 fully saturated rings. The molecule has 0 aliphatic heterocycles. The number of aryl methyl sites for hydroxylation is 3. The van der Waals surface area contributed by atoms with Gasteiger partial charge in [0.1, 0.15) is 17.2 Å².